The van der Waals surface area contributed by atoms with E-state index in [1.54, 1.807) is 16.6 Å². The van der Waals surface area contributed by atoms with Crippen molar-refractivity contribution in [2.45, 2.75) is 13.3 Å². The summed E-state index contributed by atoms with van der Waals surface area (Å²) in [5, 5.41) is 15.7. The molecular weight excluding hydrogens is 366 g/mol. The van der Waals surface area contributed by atoms with Gasteiger partial charge in [0, 0.05) is 11.6 Å². The van der Waals surface area contributed by atoms with Crippen LogP contribution < -0.4 is 10.1 Å². The smallest absolute Gasteiger partial charge is 0.231 e. The molecule has 4 rings (SSSR count). The molecule has 29 heavy (non-hydrogen) atoms. The summed E-state index contributed by atoms with van der Waals surface area (Å²) in [5.74, 6) is 1.06. The zero-order valence-electron chi connectivity index (χ0n) is 16.1. The molecule has 1 N–H and O–H groups in total. The van der Waals surface area contributed by atoms with Crippen molar-refractivity contribution in [1.82, 2.24) is 25.1 Å². The van der Waals surface area contributed by atoms with Crippen molar-refractivity contribution in [3.63, 3.8) is 0 Å². The Bertz CT molecular complexity index is 1110. The maximum Gasteiger partial charge on any atom is 0.231 e. The van der Waals surface area contributed by atoms with Crippen molar-refractivity contribution in [2.75, 3.05) is 13.2 Å². The maximum atomic E-state index is 12.0. The Balaban J connectivity index is 1.33. The average molecular weight is 387 g/mol. The summed E-state index contributed by atoms with van der Waals surface area (Å²) >= 11 is 0. The third kappa shape index (κ3) is 4.57. The molecular formula is C22H21N5O2. The van der Waals surface area contributed by atoms with E-state index in [0.29, 0.717) is 36.9 Å². The summed E-state index contributed by atoms with van der Waals surface area (Å²) in [6, 6.07) is 21.2. The molecule has 2 heterocycles. The molecule has 0 aliphatic heterocycles. The zero-order chi connectivity index (χ0) is 20.1. The third-order valence-electron chi connectivity index (χ3n) is 4.43. The molecule has 0 radical (unpaired) electrons. The van der Waals surface area contributed by atoms with E-state index < -0.39 is 0 Å². The Labute approximate surface area is 168 Å². The standard InChI is InChI=1S/C22H21N5O2/c1-16-7-9-17(10-8-16)15-20(28)23-13-14-29-21-12-11-19-24-25-22(27(19)26-21)18-5-3-2-4-6-18/h2-12H,13-15H2,1H3,(H,23,28). The number of nitrogens with one attached hydrogen (secondary N) is 1. The fourth-order valence-corrected chi connectivity index (χ4v) is 2.92. The van der Waals surface area contributed by atoms with Crippen LogP contribution in [0.2, 0.25) is 0 Å². The molecule has 7 heteroatoms. The largest absolute Gasteiger partial charge is 0.475 e. The molecule has 0 aliphatic carbocycles. The summed E-state index contributed by atoms with van der Waals surface area (Å²) in [5.41, 5.74) is 3.73. The third-order valence-corrected chi connectivity index (χ3v) is 4.43. The zero-order valence-corrected chi connectivity index (χ0v) is 16.1. The van der Waals surface area contributed by atoms with Gasteiger partial charge in [0.2, 0.25) is 11.8 Å². The number of rotatable bonds is 7. The van der Waals surface area contributed by atoms with Crippen LogP contribution in [0.1, 0.15) is 11.1 Å². The van der Waals surface area contributed by atoms with Crippen LogP contribution in [-0.4, -0.2) is 38.9 Å². The van der Waals surface area contributed by atoms with E-state index in [4.69, 9.17) is 4.74 Å². The second kappa shape index (κ2) is 8.52. The van der Waals surface area contributed by atoms with Gasteiger partial charge in [-0.05, 0) is 18.6 Å². The van der Waals surface area contributed by atoms with Crippen molar-refractivity contribution in [2.24, 2.45) is 0 Å². The van der Waals surface area contributed by atoms with Crippen molar-refractivity contribution in [3.8, 4) is 17.3 Å². The Kier molecular flexibility index (Phi) is 5.47. The number of hydrogen-bond acceptors (Lipinski definition) is 5. The number of fused-ring (bicyclic) bond motifs is 1. The van der Waals surface area contributed by atoms with E-state index in [9.17, 15) is 4.79 Å². The summed E-state index contributed by atoms with van der Waals surface area (Å²) < 4.78 is 7.34. The van der Waals surface area contributed by atoms with Gasteiger partial charge in [0.05, 0.1) is 13.0 Å². The lowest BCUT2D eigenvalue weighted by molar-refractivity contribution is -0.120. The molecule has 0 atom stereocenters. The van der Waals surface area contributed by atoms with Gasteiger partial charge in [-0.2, -0.15) is 4.52 Å². The molecule has 2 aromatic carbocycles. The lowest BCUT2D eigenvalue weighted by atomic mass is 10.1. The molecule has 2 aromatic heterocycles. The maximum absolute atomic E-state index is 12.0. The number of ether oxygens (including phenoxy) is 1. The molecule has 1 amide bonds. The van der Waals surface area contributed by atoms with E-state index in [1.807, 2.05) is 61.5 Å². The van der Waals surface area contributed by atoms with Gasteiger partial charge in [0.25, 0.3) is 0 Å². The number of carbonyl (C=O) groups excluding carboxylic acids is 1. The molecule has 0 unspecified atom stereocenters. The molecule has 7 nitrogen and oxygen atoms in total. The number of aryl methyl sites for hydroxylation is 1. The van der Waals surface area contributed by atoms with Crippen LogP contribution in [0, 0.1) is 6.92 Å². The molecule has 0 saturated carbocycles. The van der Waals surface area contributed by atoms with Crippen LogP contribution >= 0.6 is 0 Å². The highest BCUT2D eigenvalue weighted by molar-refractivity contribution is 5.78. The van der Waals surface area contributed by atoms with Gasteiger partial charge < -0.3 is 10.1 Å². The summed E-state index contributed by atoms with van der Waals surface area (Å²) in [6.07, 6.45) is 0.353. The molecule has 0 saturated heterocycles. The van der Waals surface area contributed by atoms with Gasteiger partial charge in [-0.3, -0.25) is 4.79 Å². The number of benzene rings is 2. The summed E-state index contributed by atoms with van der Waals surface area (Å²) in [7, 11) is 0. The van der Waals surface area contributed by atoms with Crippen LogP contribution in [-0.2, 0) is 11.2 Å². The van der Waals surface area contributed by atoms with Crippen molar-refractivity contribution < 1.29 is 9.53 Å². The SMILES string of the molecule is Cc1ccc(CC(=O)NCCOc2ccc3nnc(-c4ccccc4)n3n2)cc1. The quantitative estimate of drug-likeness (QED) is 0.493. The van der Waals surface area contributed by atoms with Gasteiger partial charge in [-0.1, -0.05) is 60.2 Å². The molecule has 0 spiro atoms. The lowest BCUT2D eigenvalue weighted by Crippen LogP contribution is -2.29. The molecule has 4 aromatic rings. The topological polar surface area (TPSA) is 81.4 Å². The first kappa shape index (κ1) is 18.6. The molecule has 0 fully saturated rings. The van der Waals surface area contributed by atoms with Crippen LogP contribution in [0.4, 0.5) is 0 Å². The van der Waals surface area contributed by atoms with Gasteiger partial charge in [-0.25, -0.2) is 0 Å². The van der Waals surface area contributed by atoms with Gasteiger partial charge in [0.1, 0.15) is 6.61 Å². The van der Waals surface area contributed by atoms with Crippen molar-refractivity contribution >= 4 is 11.6 Å². The number of carbonyl (C=O) groups is 1. The molecule has 0 aliphatic rings. The fourth-order valence-electron chi connectivity index (χ4n) is 2.92. The highest BCUT2D eigenvalue weighted by Gasteiger charge is 2.10. The first-order chi connectivity index (χ1) is 14.2. The highest BCUT2D eigenvalue weighted by atomic mass is 16.5. The number of nitrogens with zero attached hydrogens (tertiary/aromatic N) is 4. The predicted octanol–water partition coefficient (Wildman–Crippen LogP) is 2.84. The lowest BCUT2D eigenvalue weighted by Gasteiger charge is -2.08. The van der Waals surface area contributed by atoms with Gasteiger partial charge >= 0.3 is 0 Å². The predicted molar refractivity (Wildman–Crippen MR) is 110 cm³/mol. The first-order valence-electron chi connectivity index (χ1n) is 9.42. The fraction of sp³-hybridized carbons (Fsp3) is 0.182. The first-order valence-corrected chi connectivity index (χ1v) is 9.42. The Morgan fingerprint density at radius 3 is 2.59 bits per heavy atom. The van der Waals surface area contributed by atoms with Gasteiger partial charge in [0.15, 0.2) is 11.5 Å². The minimum Gasteiger partial charge on any atom is -0.475 e. The Morgan fingerprint density at radius 1 is 1.00 bits per heavy atom. The normalized spacial score (nSPS) is 10.8. The number of hydrogen-bond donors (Lipinski definition) is 1. The van der Waals surface area contributed by atoms with E-state index >= 15 is 0 Å². The van der Waals surface area contributed by atoms with E-state index in [0.717, 1.165) is 11.1 Å². The number of aromatic nitrogens is 4. The van der Waals surface area contributed by atoms with E-state index in [-0.39, 0.29) is 5.91 Å². The minimum atomic E-state index is -0.0361. The molecule has 146 valence electrons. The average Bonchev–Trinajstić information content (AvgIpc) is 3.17. The summed E-state index contributed by atoms with van der Waals surface area (Å²) in [6.45, 7) is 2.74. The van der Waals surface area contributed by atoms with Crippen molar-refractivity contribution in [3.05, 3.63) is 77.9 Å². The second-order valence-electron chi connectivity index (χ2n) is 6.69. The molecule has 0 bridgehead atoms. The Hall–Kier alpha value is -3.74. The van der Waals surface area contributed by atoms with Crippen LogP contribution in [0.3, 0.4) is 0 Å². The van der Waals surface area contributed by atoms with Crippen molar-refractivity contribution in [1.29, 1.82) is 0 Å². The monoisotopic (exact) mass is 387 g/mol. The van der Waals surface area contributed by atoms with Gasteiger partial charge in [-0.15, -0.1) is 15.3 Å². The van der Waals surface area contributed by atoms with E-state index in [2.05, 4.69) is 20.6 Å². The highest BCUT2D eigenvalue weighted by Crippen LogP contribution is 2.18. The van der Waals surface area contributed by atoms with Crippen LogP contribution in [0.15, 0.2) is 66.7 Å². The van der Waals surface area contributed by atoms with E-state index in [1.165, 1.54) is 5.56 Å². The number of amides is 1. The Morgan fingerprint density at radius 2 is 1.79 bits per heavy atom. The minimum absolute atomic E-state index is 0.0361. The van der Waals surface area contributed by atoms with Crippen LogP contribution in [0.5, 0.6) is 5.88 Å². The second-order valence-corrected chi connectivity index (χ2v) is 6.69. The summed E-state index contributed by atoms with van der Waals surface area (Å²) in [4.78, 5) is 12.0. The van der Waals surface area contributed by atoms with Crippen LogP contribution in [0.25, 0.3) is 17.0 Å².